The summed E-state index contributed by atoms with van der Waals surface area (Å²) < 4.78 is 2.44. The second kappa shape index (κ2) is 14.3. The van der Waals surface area contributed by atoms with Crippen molar-refractivity contribution in [3.05, 3.63) is 230 Å². The monoisotopic (exact) mass is 740 g/mol. The van der Waals surface area contributed by atoms with Gasteiger partial charge in [0.25, 0.3) is 0 Å². The van der Waals surface area contributed by atoms with Crippen molar-refractivity contribution in [2.24, 2.45) is 0 Å². The Kier molecular flexibility index (Phi) is 8.33. The number of anilines is 3. The highest BCUT2D eigenvalue weighted by atomic mass is 15.1. The molecule has 58 heavy (non-hydrogen) atoms. The molecule has 2 nitrogen and oxygen atoms in total. The molecule has 1 aliphatic rings. The van der Waals surface area contributed by atoms with Crippen LogP contribution in [-0.4, -0.2) is 4.57 Å². The highest BCUT2D eigenvalue weighted by Gasteiger charge is 2.21. The van der Waals surface area contributed by atoms with Gasteiger partial charge >= 0.3 is 0 Å². The van der Waals surface area contributed by atoms with Gasteiger partial charge < -0.3 is 9.47 Å². The summed E-state index contributed by atoms with van der Waals surface area (Å²) >= 11 is 0. The molecule has 0 radical (unpaired) electrons. The standard InChI is InChI=1S/C56H40N2/c1-2-14-42(15-3-1)50-20-8-10-23-54(50)57(48-34-29-41(30-35-48)46-26-25-39-13-4-5-17-44(39)37-46)47-32-27-40(28-33-47)45-18-12-19-49(38-45)58-55-24-11-9-22-52(55)53-36-31-43-16-6-7-21-51(43)56(53)58/h1-14,16-38,42H,15H2. The SMILES string of the molecule is C1=CCC(c2ccccc2N(c2ccc(-c3cccc(-n4c5ccccc5c5ccc6ccccc6c54)c3)cc2)c2ccc(-c3ccc4ccccc4c3)cc2)C=C1. The minimum absolute atomic E-state index is 0.306. The topological polar surface area (TPSA) is 8.17 Å². The molecule has 1 heterocycles. The molecule has 1 atom stereocenters. The number of nitrogens with zero attached hydrogens (tertiary/aromatic N) is 2. The van der Waals surface area contributed by atoms with Crippen LogP contribution in [0.5, 0.6) is 0 Å². The van der Waals surface area contributed by atoms with E-state index in [0.29, 0.717) is 5.92 Å². The second-order valence-corrected chi connectivity index (χ2v) is 15.3. The molecule has 0 spiro atoms. The lowest BCUT2D eigenvalue weighted by Crippen LogP contribution is -2.13. The van der Waals surface area contributed by atoms with E-state index in [9.17, 15) is 0 Å². The summed E-state index contributed by atoms with van der Waals surface area (Å²) in [4.78, 5) is 2.43. The number of hydrogen-bond donors (Lipinski definition) is 0. The van der Waals surface area contributed by atoms with Crippen molar-refractivity contribution in [2.75, 3.05) is 4.90 Å². The Morgan fingerprint density at radius 3 is 1.84 bits per heavy atom. The minimum Gasteiger partial charge on any atom is -0.310 e. The summed E-state index contributed by atoms with van der Waals surface area (Å²) in [7, 11) is 0. The summed E-state index contributed by atoms with van der Waals surface area (Å²) in [5.41, 5.74) is 13.2. The fraction of sp³-hybridized carbons (Fsp3) is 0.0357. The van der Waals surface area contributed by atoms with Crippen LogP contribution in [0.1, 0.15) is 17.9 Å². The lowest BCUT2D eigenvalue weighted by Gasteiger charge is -2.30. The molecule has 274 valence electrons. The maximum atomic E-state index is 2.44. The molecule has 2 heteroatoms. The first-order chi connectivity index (χ1) is 28.8. The number of aromatic nitrogens is 1. The third-order valence-electron chi connectivity index (χ3n) is 11.9. The maximum Gasteiger partial charge on any atom is 0.0619 e. The average Bonchev–Trinajstić information content (AvgIpc) is 3.65. The van der Waals surface area contributed by atoms with E-state index in [0.717, 1.165) is 23.5 Å². The van der Waals surface area contributed by atoms with Gasteiger partial charge in [0, 0.05) is 44.8 Å². The largest absolute Gasteiger partial charge is 0.310 e. The lowest BCUT2D eigenvalue weighted by molar-refractivity contribution is 0.852. The first-order valence-corrected chi connectivity index (χ1v) is 20.2. The van der Waals surface area contributed by atoms with Crippen molar-refractivity contribution in [2.45, 2.75) is 12.3 Å². The van der Waals surface area contributed by atoms with E-state index in [1.165, 1.54) is 76.9 Å². The van der Waals surface area contributed by atoms with Gasteiger partial charge in [0.05, 0.1) is 11.0 Å². The van der Waals surface area contributed by atoms with E-state index in [2.05, 4.69) is 234 Å². The molecule has 9 aromatic carbocycles. The van der Waals surface area contributed by atoms with Crippen LogP contribution in [0.4, 0.5) is 17.1 Å². The fourth-order valence-electron chi connectivity index (χ4n) is 9.04. The van der Waals surface area contributed by atoms with E-state index in [4.69, 9.17) is 0 Å². The molecule has 0 amide bonds. The van der Waals surface area contributed by atoms with Crippen LogP contribution >= 0.6 is 0 Å². The van der Waals surface area contributed by atoms with Gasteiger partial charge in [-0.1, -0.05) is 170 Å². The highest BCUT2D eigenvalue weighted by Crippen LogP contribution is 2.43. The smallest absolute Gasteiger partial charge is 0.0619 e. The zero-order valence-corrected chi connectivity index (χ0v) is 32.0. The van der Waals surface area contributed by atoms with Gasteiger partial charge in [0.1, 0.15) is 0 Å². The third kappa shape index (κ3) is 5.90. The van der Waals surface area contributed by atoms with Crippen LogP contribution in [-0.2, 0) is 0 Å². The Bertz CT molecular complexity index is 3200. The first kappa shape index (κ1) is 33.9. The van der Waals surface area contributed by atoms with E-state index in [1.807, 2.05) is 0 Å². The second-order valence-electron chi connectivity index (χ2n) is 15.3. The number of allylic oxidation sites excluding steroid dienone is 4. The van der Waals surface area contributed by atoms with Crippen molar-refractivity contribution in [3.8, 4) is 27.9 Å². The van der Waals surface area contributed by atoms with Crippen LogP contribution in [0.2, 0.25) is 0 Å². The molecule has 0 aliphatic heterocycles. The van der Waals surface area contributed by atoms with Gasteiger partial charge in [0.15, 0.2) is 0 Å². The van der Waals surface area contributed by atoms with Crippen LogP contribution < -0.4 is 4.90 Å². The summed E-state index contributed by atoms with van der Waals surface area (Å²) in [5.74, 6) is 0.306. The third-order valence-corrected chi connectivity index (χ3v) is 11.9. The minimum atomic E-state index is 0.306. The van der Waals surface area contributed by atoms with Gasteiger partial charge in [-0.2, -0.15) is 0 Å². The van der Waals surface area contributed by atoms with Gasteiger partial charge in [-0.15, -0.1) is 0 Å². The summed E-state index contributed by atoms with van der Waals surface area (Å²) in [6, 6.07) is 73.4. The Balaban J connectivity index is 1.000. The maximum absolute atomic E-state index is 2.44. The normalized spacial score (nSPS) is 13.8. The Morgan fingerprint density at radius 2 is 1.07 bits per heavy atom. The molecule has 0 saturated heterocycles. The van der Waals surface area contributed by atoms with Crippen LogP contribution in [0.25, 0.3) is 71.3 Å². The Morgan fingerprint density at radius 1 is 0.431 bits per heavy atom. The van der Waals surface area contributed by atoms with Gasteiger partial charge in [0.2, 0.25) is 0 Å². The Hall–Kier alpha value is -7.42. The zero-order chi connectivity index (χ0) is 38.4. The Labute approximate surface area is 338 Å². The molecule has 1 unspecified atom stereocenters. The summed E-state index contributed by atoms with van der Waals surface area (Å²) in [5, 5.41) is 7.56. The number of fused-ring (bicyclic) bond motifs is 6. The molecule has 1 aliphatic carbocycles. The molecule has 0 fully saturated rings. The molecular formula is C56H40N2. The molecule has 0 saturated carbocycles. The predicted octanol–water partition coefficient (Wildman–Crippen LogP) is 15.5. The lowest BCUT2D eigenvalue weighted by atomic mass is 9.90. The van der Waals surface area contributed by atoms with E-state index >= 15 is 0 Å². The number of hydrogen-bond acceptors (Lipinski definition) is 1. The van der Waals surface area contributed by atoms with E-state index in [-0.39, 0.29) is 0 Å². The van der Waals surface area contributed by atoms with Crippen LogP contribution in [0.15, 0.2) is 224 Å². The van der Waals surface area contributed by atoms with Gasteiger partial charge in [-0.05, 0) is 105 Å². The van der Waals surface area contributed by atoms with E-state index in [1.54, 1.807) is 0 Å². The van der Waals surface area contributed by atoms with Crippen molar-refractivity contribution < 1.29 is 0 Å². The van der Waals surface area contributed by atoms with Crippen molar-refractivity contribution in [1.29, 1.82) is 0 Å². The van der Waals surface area contributed by atoms with Crippen molar-refractivity contribution >= 4 is 60.4 Å². The molecule has 0 N–H and O–H groups in total. The summed E-state index contributed by atoms with van der Waals surface area (Å²) in [6.07, 6.45) is 9.92. The first-order valence-electron chi connectivity index (χ1n) is 20.2. The molecular weight excluding hydrogens is 701 g/mol. The molecule has 10 aromatic rings. The van der Waals surface area contributed by atoms with E-state index < -0.39 is 0 Å². The van der Waals surface area contributed by atoms with Crippen molar-refractivity contribution in [3.63, 3.8) is 0 Å². The van der Waals surface area contributed by atoms with Crippen molar-refractivity contribution in [1.82, 2.24) is 4.57 Å². The predicted molar refractivity (Wildman–Crippen MR) is 247 cm³/mol. The number of para-hydroxylation sites is 2. The van der Waals surface area contributed by atoms with Gasteiger partial charge in [-0.25, -0.2) is 0 Å². The fourth-order valence-corrected chi connectivity index (χ4v) is 9.04. The molecule has 1 aromatic heterocycles. The molecule has 0 bridgehead atoms. The highest BCUT2D eigenvalue weighted by molar-refractivity contribution is 6.18. The quantitative estimate of drug-likeness (QED) is 0.158. The van der Waals surface area contributed by atoms with Crippen LogP contribution in [0.3, 0.4) is 0 Å². The molecule has 11 rings (SSSR count). The summed E-state index contributed by atoms with van der Waals surface area (Å²) in [6.45, 7) is 0. The number of benzene rings is 9. The average molecular weight is 741 g/mol. The zero-order valence-electron chi connectivity index (χ0n) is 32.0. The van der Waals surface area contributed by atoms with Crippen LogP contribution in [0, 0.1) is 0 Å². The number of rotatable bonds is 7. The van der Waals surface area contributed by atoms with Gasteiger partial charge in [-0.3, -0.25) is 0 Å².